The molecule has 0 fully saturated rings. The van der Waals surface area contributed by atoms with Crippen molar-refractivity contribution in [3.05, 3.63) is 58.6 Å². The third-order valence-corrected chi connectivity index (χ3v) is 5.61. The molecule has 1 heterocycles. The van der Waals surface area contributed by atoms with E-state index in [1.54, 1.807) is 0 Å². The number of benzene rings is 2. The fourth-order valence-electron chi connectivity index (χ4n) is 2.22. The summed E-state index contributed by atoms with van der Waals surface area (Å²) in [4.78, 5) is 5.97. The van der Waals surface area contributed by atoms with Crippen LogP contribution in [0.5, 0.6) is 0 Å². The smallest absolute Gasteiger partial charge is 0.0760 e. The van der Waals surface area contributed by atoms with E-state index >= 15 is 0 Å². The van der Waals surface area contributed by atoms with Crippen LogP contribution in [0.3, 0.4) is 0 Å². The van der Waals surface area contributed by atoms with Gasteiger partial charge in [-0.25, -0.2) is 0 Å². The lowest BCUT2D eigenvalue weighted by molar-refractivity contribution is 1.27. The van der Waals surface area contributed by atoms with Gasteiger partial charge in [-0.3, -0.25) is 4.99 Å². The molecule has 2 aromatic rings. The van der Waals surface area contributed by atoms with Gasteiger partial charge >= 0.3 is 0 Å². The number of thiol groups is 1. The van der Waals surface area contributed by atoms with Crippen LogP contribution in [0.15, 0.2) is 52.4 Å². The standard InChI is InChI=1S/C15H14ClNS/c1-11-3-2-4-14-15(11)18(10-17-14)9-12-5-7-13(16)8-6-12/h2-8,10,18H,9H2,1H3. The molecule has 1 aliphatic rings. The molecule has 0 amide bonds. The van der Waals surface area contributed by atoms with Crippen molar-refractivity contribution >= 4 is 33.7 Å². The van der Waals surface area contributed by atoms with Gasteiger partial charge in [-0.15, -0.1) is 0 Å². The molecule has 1 unspecified atom stereocenters. The molecule has 0 saturated heterocycles. The third kappa shape index (κ3) is 2.18. The molecule has 0 spiro atoms. The Morgan fingerprint density at radius 2 is 1.89 bits per heavy atom. The molecular weight excluding hydrogens is 262 g/mol. The largest absolute Gasteiger partial charge is 0.250 e. The van der Waals surface area contributed by atoms with E-state index < -0.39 is 0 Å². The summed E-state index contributed by atoms with van der Waals surface area (Å²) in [5, 5.41) is 0.795. The molecule has 1 atom stereocenters. The molecule has 0 bridgehead atoms. The number of fused-ring (bicyclic) bond motifs is 1. The van der Waals surface area contributed by atoms with Crippen LogP contribution in [0.4, 0.5) is 5.69 Å². The molecule has 0 saturated carbocycles. The summed E-state index contributed by atoms with van der Waals surface area (Å²) in [6, 6.07) is 14.5. The average molecular weight is 276 g/mol. The predicted octanol–water partition coefficient (Wildman–Crippen LogP) is 4.88. The molecular formula is C15H14ClNS. The van der Waals surface area contributed by atoms with Crippen LogP contribution in [0.2, 0.25) is 5.02 Å². The van der Waals surface area contributed by atoms with Crippen molar-refractivity contribution in [3.63, 3.8) is 0 Å². The van der Waals surface area contributed by atoms with Gasteiger partial charge < -0.3 is 0 Å². The number of aryl methyl sites for hydroxylation is 1. The molecule has 1 aliphatic heterocycles. The summed E-state index contributed by atoms with van der Waals surface area (Å²) < 4.78 is 0. The quantitative estimate of drug-likeness (QED) is 0.750. The molecule has 18 heavy (non-hydrogen) atoms. The van der Waals surface area contributed by atoms with Gasteiger partial charge in [0.2, 0.25) is 0 Å². The van der Waals surface area contributed by atoms with E-state index in [2.05, 4.69) is 47.8 Å². The zero-order chi connectivity index (χ0) is 12.5. The van der Waals surface area contributed by atoms with Crippen LogP contribution in [-0.4, -0.2) is 5.55 Å². The van der Waals surface area contributed by atoms with Gasteiger partial charge in [0.05, 0.1) is 5.69 Å². The van der Waals surface area contributed by atoms with Crippen LogP contribution in [0.25, 0.3) is 0 Å². The Labute approximate surface area is 115 Å². The van der Waals surface area contributed by atoms with Gasteiger partial charge in [-0.2, -0.15) is 10.9 Å². The lowest BCUT2D eigenvalue weighted by Crippen LogP contribution is -1.89. The Morgan fingerprint density at radius 1 is 1.11 bits per heavy atom. The lowest BCUT2D eigenvalue weighted by atomic mass is 10.2. The van der Waals surface area contributed by atoms with Crippen molar-refractivity contribution in [2.45, 2.75) is 17.6 Å². The molecule has 0 N–H and O–H groups in total. The van der Waals surface area contributed by atoms with Crippen molar-refractivity contribution < 1.29 is 0 Å². The van der Waals surface area contributed by atoms with Crippen LogP contribution in [0.1, 0.15) is 11.1 Å². The van der Waals surface area contributed by atoms with E-state index in [1.165, 1.54) is 16.0 Å². The summed E-state index contributed by atoms with van der Waals surface area (Å²) in [5.74, 6) is 1.05. The second kappa shape index (κ2) is 4.79. The minimum atomic E-state index is -0.302. The zero-order valence-corrected chi connectivity index (χ0v) is 11.7. The minimum absolute atomic E-state index is 0.302. The van der Waals surface area contributed by atoms with E-state index in [9.17, 15) is 0 Å². The van der Waals surface area contributed by atoms with Gasteiger partial charge in [0.25, 0.3) is 0 Å². The summed E-state index contributed by atoms with van der Waals surface area (Å²) >= 11 is 5.91. The van der Waals surface area contributed by atoms with Gasteiger partial charge in [-0.05, 0) is 36.2 Å². The van der Waals surface area contributed by atoms with E-state index in [1.807, 2.05) is 12.1 Å². The van der Waals surface area contributed by atoms with Crippen LogP contribution in [-0.2, 0) is 5.75 Å². The first-order valence-electron chi connectivity index (χ1n) is 5.89. The topological polar surface area (TPSA) is 12.4 Å². The molecule has 3 rings (SSSR count). The first kappa shape index (κ1) is 11.8. The molecule has 3 heteroatoms. The lowest BCUT2D eigenvalue weighted by Gasteiger charge is -2.16. The number of halogens is 1. The second-order valence-corrected chi connectivity index (χ2v) is 6.81. The van der Waals surface area contributed by atoms with Gasteiger partial charge in [0.15, 0.2) is 0 Å². The average Bonchev–Trinajstić information content (AvgIpc) is 2.77. The van der Waals surface area contributed by atoms with Crippen LogP contribution < -0.4 is 0 Å². The van der Waals surface area contributed by atoms with Crippen molar-refractivity contribution in [1.82, 2.24) is 0 Å². The van der Waals surface area contributed by atoms with Crippen molar-refractivity contribution in [2.24, 2.45) is 4.99 Å². The monoisotopic (exact) mass is 275 g/mol. The van der Waals surface area contributed by atoms with E-state index in [0.29, 0.717) is 0 Å². The summed E-state index contributed by atoms with van der Waals surface area (Å²) in [7, 11) is -0.302. The number of hydrogen-bond donors (Lipinski definition) is 1. The molecule has 2 aromatic carbocycles. The van der Waals surface area contributed by atoms with Crippen LogP contribution in [0, 0.1) is 6.92 Å². The Hall–Kier alpha value is -1.25. The van der Waals surface area contributed by atoms with Gasteiger partial charge in [-0.1, -0.05) is 35.9 Å². The molecule has 92 valence electrons. The molecule has 0 aromatic heterocycles. The maximum atomic E-state index is 5.91. The molecule has 0 aliphatic carbocycles. The maximum Gasteiger partial charge on any atom is 0.0760 e. The number of rotatable bonds is 2. The highest BCUT2D eigenvalue weighted by Gasteiger charge is 2.17. The highest BCUT2D eigenvalue weighted by molar-refractivity contribution is 8.28. The Kier molecular flexibility index (Phi) is 3.14. The van der Waals surface area contributed by atoms with E-state index in [-0.39, 0.29) is 10.9 Å². The highest BCUT2D eigenvalue weighted by atomic mass is 35.5. The minimum Gasteiger partial charge on any atom is -0.250 e. The molecule has 1 nitrogen and oxygen atoms in total. The van der Waals surface area contributed by atoms with E-state index in [0.717, 1.165) is 16.5 Å². The first-order valence-corrected chi connectivity index (χ1v) is 7.86. The Bertz CT molecular complexity index is 604. The summed E-state index contributed by atoms with van der Waals surface area (Å²) in [5.41, 5.74) is 5.95. The summed E-state index contributed by atoms with van der Waals surface area (Å²) in [6.45, 7) is 2.17. The fraction of sp³-hybridized carbons (Fsp3) is 0.133. The normalized spacial score (nSPS) is 18.9. The fourth-order valence-corrected chi connectivity index (χ4v) is 4.52. The van der Waals surface area contributed by atoms with Crippen LogP contribution >= 0.6 is 22.5 Å². The first-order chi connectivity index (χ1) is 8.74. The molecule has 0 radical (unpaired) electrons. The predicted molar refractivity (Wildman–Crippen MR) is 81.7 cm³/mol. The SMILES string of the molecule is Cc1cccc2c1[SH](Cc1ccc(Cl)cc1)C=N2. The van der Waals surface area contributed by atoms with Crippen molar-refractivity contribution in [3.8, 4) is 0 Å². The van der Waals surface area contributed by atoms with Gasteiger partial charge in [0, 0.05) is 21.2 Å². The maximum absolute atomic E-state index is 5.91. The van der Waals surface area contributed by atoms with E-state index in [4.69, 9.17) is 11.6 Å². The number of nitrogens with zero attached hydrogens (tertiary/aromatic N) is 1. The second-order valence-electron chi connectivity index (χ2n) is 4.44. The Balaban J connectivity index is 1.89. The third-order valence-electron chi connectivity index (χ3n) is 3.11. The van der Waals surface area contributed by atoms with Crippen molar-refractivity contribution in [2.75, 3.05) is 0 Å². The van der Waals surface area contributed by atoms with Crippen molar-refractivity contribution in [1.29, 1.82) is 0 Å². The zero-order valence-electron chi connectivity index (χ0n) is 10.1. The highest BCUT2D eigenvalue weighted by Crippen LogP contribution is 2.49. The number of hydrogen-bond acceptors (Lipinski definition) is 1. The van der Waals surface area contributed by atoms with Gasteiger partial charge in [0.1, 0.15) is 0 Å². The number of aliphatic imine (C=N–C) groups is 1. The Morgan fingerprint density at radius 3 is 2.67 bits per heavy atom. The summed E-state index contributed by atoms with van der Waals surface area (Å²) in [6.07, 6.45) is 0.